The molecule has 2 rings (SSSR count). The molecule has 0 bridgehead atoms. The fourth-order valence-corrected chi connectivity index (χ4v) is 3.80. The van der Waals surface area contributed by atoms with Gasteiger partial charge in [-0.1, -0.05) is 22.0 Å². The van der Waals surface area contributed by atoms with Crippen molar-refractivity contribution in [2.45, 2.75) is 6.42 Å². The number of thiophene rings is 1. The van der Waals surface area contributed by atoms with Gasteiger partial charge < -0.3 is 4.74 Å². The Morgan fingerprint density at radius 3 is 2.95 bits per heavy atom. The number of amides is 1. The van der Waals surface area contributed by atoms with Crippen LogP contribution in [-0.2, 0) is 11.2 Å². The molecule has 0 fully saturated rings. The lowest BCUT2D eigenvalue weighted by molar-refractivity contribution is -0.120. The fraction of sp³-hybridized carbons (Fsp3) is 0.143. The van der Waals surface area contributed by atoms with Gasteiger partial charge in [-0.2, -0.15) is 5.10 Å². The summed E-state index contributed by atoms with van der Waals surface area (Å²) < 4.78 is 7.01. The molecule has 1 aromatic carbocycles. The molecule has 0 unspecified atom stereocenters. The molecule has 0 aliphatic carbocycles. The molecule has 1 aromatic heterocycles. The normalized spacial score (nSPS) is 10.8. The minimum Gasteiger partial charge on any atom is -0.495 e. The minimum atomic E-state index is -0.151. The van der Waals surface area contributed by atoms with Gasteiger partial charge in [-0.15, -0.1) is 11.3 Å². The lowest BCUT2D eigenvalue weighted by Crippen LogP contribution is -2.19. The topological polar surface area (TPSA) is 50.7 Å². The maximum Gasteiger partial charge on any atom is 0.245 e. The van der Waals surface area contributed by atoms with Gasteiger partial charge in [-0.25, -0.2) is 5.43 Å². The van der Waals surface area contributed by atoms with Crippen LogP contribution in [0.2, 0.25) is 0 Å². The molecule has 1 amide bonds. The van der Waals surface area contributed by atoms with Crippen molar-refractivity contribution in [3.05, 3.63) is 49.0 Å². The van der Waals surface area contributed by atoms with Gasteiger partial charge >= 0.3 is 0 Å². The van der Waals surface area contributed by atoms with Gasteiger partial charge in [-0.3, -0.25) is 4.79 Å². The van der Waals surface area contributed by atoms with E-state index in [0.717, 1.165) is 19.4 Å². The molecular weight excluding hydrogens is 420 g/mol. The highest BCUT2D eigenvalue weighted by Crippen LogP contribution is 2.31. The third-order valence-corrected chi connectivity index (χ3v) is 4.47. The monoisotopic (exact) mass is 430 g/mol. The van der Waals surface area contributed by atoms with Gasteiger partial charge in [0.1, 0.15) is 5.75 Å². The maximum absolute atomic E-state index is 11.7. The zero-order chi connectivity index (χ0) is 15.2. The number of nitrogens with one attached hydrogen (secondary N) is 1. The van der Waals surface area contributed by atoms with Crippen LogP contribution in [0.15, 0.2) is 43.7 Å². The van der Waals surface area contributed by atoms with E-state index in [1.165, 1.54) is 0 Å². The number of benzene rings is 1. The van der Waals surface area contributed by atoms with Crippen molar-refractivity contribution >= 4 is 55.3 Å². The summed E-state index contributed by atoms with van der Waals surface area (Å²) in [5.74, 6) is 0.510. The Bertz CT molecular complexity index is 657. The van der Waals surface area contributed by atoms with Crippen molar-refractivity contribution in [3.8, 4) is 5.75 Å². The lowest BCUT2D eigenvalue weighted by atomic mass is 10.2. The molecule has 0 atom stereocenters. The fourth-order valence-electron chi connectivity index (χ4n) is 1.68. The van der Waals surface area contributed by atoms with Gasteiger partial charge in [-0.05, 0) is 39.5 Å². The predicted molar refractivity (Wildman–Crippen MR) is 92.2 cm³/mol. The second kappa shape index (κ2) is 7.72. The van der Waals surface area contributed by atoms with E-state index in [0.29, 0.717) is 12.2 Å². The standard InChI is InChI=1S/C14H12Br2N2O2S/c1-20-14-9(5-10(15)6-12(14)16)8-17-18-13(19)7-11-3-2-4-21-11/h2-6,8H,7H2,1H3,(H,18,19)/b17-8-. The van der Waals surface area contributed by atoms with Crippen LogP contribution in [0, 0.1) is 0 Å². The average Bonchev–Trinajstić information content (AvgIpc) is 2.91. The highest BCUT2D eigenvalue weighted by atomic mass is 79.9. The first-order chi connectivity index (χ1) is 10.1. The Morgan fingerprint density at radius 2 is 2.29 bits per heavy atom. The van der Waals surface area contributed by atoms with E-state index in [4.69, 9.17) is 4.74 Å². The second-order valence-electron chi connectivity index (χ2n) is 4.06. The number of halogens is 2. The number of rotatable bonds is 5. The molecule has 7 heteroatoms. The third-order valence-electron chi connectivity index (χ3n) is 2.55. The number of ether oxygens (including phenoxy) is 1. The number of hydrazone groups is 1. The SMILES string of the molecule is COc1c(Br)cc(Br)cc1/C=N\NC(=O)Cc1cccs1. The number of methoxy groups -OCH3 is 1. The van der Waals surface area contributed by atoms with Crippen LogP contribution in [0.4, 0.5) is 0 Å². The largest absolute Gasteiger partial charge is 0.495 e. The van der Waals surface area contributed by atoms with Gasteiger partial charge in [0.05, 0.1) is 24.2 Å². The van der Waals surface area contributed by atoms with Gasteiger partial charge in [0.25, 0.3) is 0 Å². The van der Waals surface area contributed by atoms with Crippen LogP contribution in [0.3, 0.4) is 0 Å². The molecule has 2 aromatic rings. The van der Waals surface area contributed by atoms with Crippen LogP contribution in [0.25, 0.3) is 0 Å². The Labute approximate surface area is 143 Å². The Hall–Kier alpha value is -1.18. The molecule has 4 nitrogen and oxygen atoms in total. The van der Waals surface area contributed by atoms with Crippen molar-refractivity contribution in [1.29, 1.82) is 0 Å². The van der Waals surface area contributed by atoms with E-state index in [9.17, 15) is 4.79 Å². The summed E-state index contributed by atoms with van der Waals surface area (Å²) in [7, 11) is 1.58. The number of carbonyl (C=O) groups excluding carboxylic acids is 1. The van der Waals surface area contributed by atoms with Crippen molar-refractivity contribution in [2.24, 2.45) is 5.10 Å². The molecule has 21 heavy (non-hydrogen) atoms. The summed E-state index contributed by atoms with van der Waals surface area (Å²) in [6.07, 6.45) is 1.88. The van der Waals surface area contributed by atoms with Crippen molar-refractivity contribution in [2.75, 3.05) is 7.11 Å². The van der Waals surface area contributed by atoms with Crippen LogP contribution < -0.4 is 10.2 Å². The first kappa shape index (κ1) is 16.2. The number of hydrogen-bond donors (Lipinski definition) is 1. The number of carbonyl (C=O) groups is 1. The van der Waals surface area contributed by atoms with E-state index in [1.807, 2.05) is 29.6 Å². The summed E-state index contributed by atoms with van der Waals surface area (Å²) in [4.78, 5) is 12.7. The van der Waals surface area contributed by atoms with Gasteiger partial charge in [0.2, 0.25) is 5.91 Å². The van der Waals surface area contributed by atoms with E-state index >= 15 is 0 Å². The van der Waals surface area contributed by atoms with Crippen LogP contribution in [0.5, 0.6) is 5.75 Å². The average molecular weight is 432 g/mol. The van der Waals surface area contributed by atoms with Gasteiger partial charge in [0, 0.05) is 14.9 Å². The number of nitrogens with zero attached hydrogens (tertiary/aromatic N) is 1. The van der Waals surface area contributed by atoms with Gasteiger partial charge in [0.15, 0.2) is 0 Å². The molecule has 0 spiro atoms. The molecule has 0 aliphatic rings. The highest BCUT2D eigenvalue weighted by Gasteiger charge is 2.08. The molecule has 0 saturated heterocycles. The first-order valence-corrected chi connectivity index (χ1v) is 8.44. The molecular formula is C14H12Br2N2O2S. The molecule has 0 radical (unpaired) electrons. The van der Waals surface area contributed by atoms with Crippen molar-refractivity contribution in [1.82, 2.24) is 5.43 Å². The highest BCUT2D eigenvalue weighted by molar-refractivity contribution is 9.11. The smallest absolute Gasteiger partial charge is 0.245 e. The summed E-state index contributed by atoms with van der Waals surface area (Å²) >= 11 is 8.37. The quantitative estimate of drug-likeness (QED) is 0.575. The second-order valence-corrected chi connectivity index (χ2v) is 6.86. The molecule has 1 heterocycles. The summed E-state index contributed by atoms with van der Waals surface area (Å²) in [6, 6.07) is 7.58. The molecule has 0 saturated carbocycles. The van der Waals surface area contributed by atoms with Crippen molar-refractivity contribution < 1.29 is 9.53 Å². The summed E-state index contributed by atoms with van der Waals surface area (Å²) in [5.41, 5.74) is 3.27. The summed E-state index contributed by atoms with van der Waals surface area (Å²) in [5, 5.41) is 5.91. The minimum absolute atomic E-state index is 0.151. The number of hydrogen-bond acceptors (Lipinski definition) is 4. The van der Waals surface area contributed by atoms with E-state index < -0.39 is 0 Å². The third kappa shape index (κ3) is 4.66. The lowest BCUT2D eigenvalue weighted by Gasteiger charge is -2.07. The first-order valence-electron chi connectivity index (χ1n) is 5.97. The van der Waals surface area contributed by atoms with Crippen molar-refractivity contribution in [3.63, 3.8) is 0 Å². The summed E-state index contributed by atoms with van der Waals surface area (Å²) in [6.45, 7) is 0. The van der Waals surface area contributed by atoms with Crippen LogP contribution >= 0.6 is 43.2 Å². The Balaban J connectivity index is 2.02. The molecule has 110 valence electrons. The molecule has 0 aliphatic heterocycles. The zero-order valence-corrected chi connectivity index (χ0v) is 15.1. The zero-order valence-electron chi connectivity index (χ0n) is 11.1. The van der Waals surface area contributed by atoms with E-state index in [-0.39, 0.29) is 5.91 Å². The Kier molecular flexibility index (Phi) is 5.96. The van der Waals surface area contributed by atoms with Crippen LogP contribution in [-0.4, -0.2) is 19.2 Å². The van der Waals surface area contributed by atoms with E-state index in [2.05, 4.69) is 42.4 Å². The molecule has 1 N–H and O–H groups in total. The Morgan fingerprint density at radius 1 is 1.48 bits per heavy atom. The predicted octanol–water partition coefficient (Wildman–Crippen LogP) is 3.97. The van der Waals surface area contributed by atoms with Crippen LogP contribution in [0.1, 0.15) is 10.4 Å². The van der Waals surface area contributed by atoms with E-state index in [1.54, 1.807) is 24.7 Å². The maximum atomic E-state index is 11.7.